The zero-order valence-electron chi connectivity index (χ0n) is 17.0. The number of carbonyl (C=O) groups excluding carboxylic acids is 1. The molecule has 1 N–H and O–H groups in total. The molecule has 3 rings (SSSR count). The van der Waals surface area contributed by atoms with E-state index in [0.29, 0.717) is 48.5 Å². The van der Waals surface area contributed by atoms with Crippen molar-refractivity contribution >= 4 is 11.6 Å². The molecule has 0 aliphatic heterocycles. The van der Waals surface area contributed by atoms with Gasteiger partial charge in [-0.05, 0) is 43.3 Å². The third kappa shape index (κ3) is 5.88. The van der Waals surface area contributed by atoms with E-state index in [1.54, 1.807) is 30.3 Å². The SMILES string of the molecule is CCOc1cc(C(=O)Nc2ccc(OC)nc2)ccc1OCCOc1ccccc1. The quantitative estimate of drug-likeness (QED) is 0.507. The molecular weight excluding hydrogens is 384 g/mol. The Hall–Kier alpha value is -3.74. The maximum atomic E-state index is 12.6. The Morgan fingerprint density at radius 1 is 0.933 bits per heavy atom. The zero-order valence-corrected chi connectivity index (χ0v) is 17.0. The number of anilines is 1. The van der Waals surface area contributed by atoms with Crippen LogP contribution in [-0.4, -0.2) is 37.8 Å². The molecule has 0 aliphatic rings. The number of nitrogens with one attached hydrogen (secondary N) is 1. The molecule has 0 spiro atoms. The molecule has 2 aromatic carbocycles. The van der Waals surface area contributed by atoms with Gasteiger partial charge in [-0.3, -0.25) is 4.79 Å². The molecule has 0 bridgehead atoms. The lowest BCUT2D eigenvalue weighted by Gasteiger charge is -2.14. The van der Waals surface area contributed by atoms with Gasteiger partial charge in [-0.1, -0.05) is 18.2 Å². The van der Waals surface area contributed by atoms with Gasteiger partial charge in [-0.15, -0.1) is 0 Å². The Balaban J connectivity index is 1.60. The van der Waals surface area contributed by atoms with Gasteiger partial charge in [-0.25, -0.2) is 4.98 Å². The Morgan fingerprint density at radius 3 is 2.43 bits per heavy atom. The summed E-state index contributed by atoms with van der Waals surface area (Å²) < 4.78 is 22.1. The number of amides is 1. The average molecular weight is 408 g/mol. The van der Waals surface area contributed by atoms with E-state index in [-0.39, 0.29) is 5.91 Å². The molecule has 1 amide bonds. The fourth-order valence-corrected chi connectivity index (χ4v) is 2.64. The maximum Gasteiger partial charge on any atom is 0.255 e. The highest BCUT2D eigenvalue weighted by molar-refractivity contribution is 6.04. The molecule has 156 valence electrons. The highest BCUT2D eigenvalue weighted by atomic mass is 16.5. The van der Waals surface area contributed by atoms with E-state index in [2.05, 4.69) is 10.3 Å². The minimum absolute atomic E-state index is 0.276. The molecule has 0 aliphatic carbocycles. The van der Waals surface area contributed by atoms with Crippen LogP contribution in [0.2, 0.25) is 0 Å². The second kappa shape index (κ2) is 10.7. The first-order valence-corrected chi connectivity index (χ1v) is 9.58. The summed E-state index contributed by atoms with van der Waals surface area (Å²) in [6.45, 7) is 3.06. The van der Waals surface area contributed by atoms with Gasteiger partial charge in [0.2, 0.25) is 5.88 Å². The van der Waals surface area contributed by atoms with E-state index in [1.165, 1.54) is 13.3 Å². The Bertz CT molecular complexity index is 946. The lowest BCUT2D eigenvalue weighted by Crippen LogP contribution is -2.13. The molecule has 7 heteroatoms. The summed E-state index contributed by atoms with van der Waals surface area (Å²) in [6.07, 6.45) is 1.53. The summed E-state index contributed by atoms with van der Waals surface area (Å²) in [7, 11) is 1.53. The number of carbonyl (C=O) groups is 1. The van der Waals surface area contributed by atoms with Gasteiger partial charge < -0.3 is 24.3 Å². The summed E-state index contributed by atoms with van der Waals surface area (Å²) >= 11 is 0. The molecule has 1 aromatic heterocycles. The Labute approximate surface area is 175 Å². The van der Waals surface area contributed by atoms with E-state index in [1.807, 2.05) is 37.3 Å². The van der Waals surface area contributed by atoms with Crippen LogP contribution in [0.1, 0.15) is 17.3 Å². The maximum absolute atomic E-state index is 12.6. The highest BCUT2D eigenvalue weighted by Gasteiger charge is 2.12. The standard InChI is InChI=1S/C23H24N2O5/c1-3-28-21-15-17(23(26)25-18-10-12-22(27-2)24-16-18)9-11-20(21)30-14-13-29-19-7-5-4-6-8-19/h4-12,15-16H,3,13-14H2,1-2H3,(H,25,26). The van der Waals surface area contributed by atoms with Gasteiger partial charge in [0.05, 0.1) is 25.6 Å². The molecule has 30 heavy (non-hydrogen) atoms. The molecule has 0 atom stereocenters. The summed E-state index contributed by atoms with van der Waals surface area (Å²) in [5.41, 5.74) is 1.01. The third-order valence-corrected chi connectivity index (χ3v) is 4.06. The molecule has 7 nitrogen and oxygen atoms in total. The van der Waals surface area contributed by atoms with Crippen molar-refractivity contribution in [3.8, 4) is 23.1 Å². The van der Waals surface area contributed by atoms with E-state index in [4.69, 9.17) is 18.9 Å². The minimum Gasteiger partial charge on any atom is -0.490 e. The van der Waals surface area contributed by atoms with E-state index >= 15 is 0 Å². The summed E-state index contributed by atoms with van der Waals surface area (Å²) in [5.74, 6) is 2.03. The number of hydrogen-bond donors (Lipinski definition) is 1. The van der Waals surface area contributed by atoms with Crippen molar-refractivity contribution in [3.05, 3.63) is 72.4 Å². The first kappa shape index (κ1) is 21.0. The van der Waals surface area contributed by atoms with Crippen molar-refractivity contribution in [3.63, 3.8) is 0 Å². The van der Waals surface area contributed by atoms with Gasteiger partial charge in [0, 0.05) is 11.6 Å². The lowest BCUT2D eigenvalue weighted by atomic mass is 10.2. The van der Waals surface area contributed by atoms with Gasteiger partial charge in [0.25, 0.3) is 5.91 Å². The van der Waals surface area contributed by atoms with Crippen molar-refractivity contribution < 1.29 is 23.7 Å². The number of para-hydroxylation sites is 1. The molecule has 0 fully saturated rings. The lowest BCUT2D eigenvalue weighted by molar-refractivity contribution is 0.102. The van der Waals surface area contributed by atoms with Gasteiger partial charge >= 0.3 is 0 Å². The Kier molecular flexibility index (Phi) is 7.49. The summed E-state index contributed by atoms with van der Waals surface area (Å²) in [6, 6.07) is 18.0. The topological polar surface area (TPSA) is 78.9 Å². The number of hydrogen-bond acceptors (Lipinski definition) is 6. The van der Waals surface area contributed by atoms with Crippen LogP contribution in [-0.2, 0) is 0 Å². The minimum atomic E-state index is -0.276. The van der Waals surface area contributed by atoms with Crippen LogP contribution in [0.5, 0.6) is 23.1 Å². The first-order valence-electron chi connectivity index (χ1n) is 9.58. The molecule has 1 heterocycles. The van der Waals surface area contributed by atoms with E-state index in [9.17, 15) is 4.79 Å². The van der Waals surface area contributed by atoms with Crippen LogP contribution in [0.25, 0.3) is 0 Å². The molecule has 0 saturated carbocycles. The van der Waals surface area contributed by atoms with Crippen LogP contribution in [0.4, 0.5) is 5.69 Å². The van der Waals surface area contributed by atoms with Crippen molar-refractivity contribution in [2.75, 3.05) is 32.2 Å². The third-order valence-electron chi connectivity index (χ3n) is 4.06. The zero-order chi connectivity index (χ0) is 21.2. The summed E-state index contributed by atoms with van der Waals surface area (Å²) in [4.78, 5) is 16.6. The monoisotopic (exact) mass is 408 g/mol. The van der Waals surface area contributed by atoms with Gasteiger partial charge in [0.15, 0.2) is 11.5 Å². The van der Waals surface area contributed by atoms with Crippen molar-refractivity contribution in [2.24, 2.45) is 0 Å². The molecule has 0 unspecified atom stereocenters. The van der Waals surface area contributed by atoms with Crippen LogP contribution < -0.4 is 24.3 Å². The van der Waals surface area contributed by atoms with Gasteiger partial charge in [-0.2, -0.15) is 0 Å². The van der Waals surface area contributed by atoms with Crippen molar-refractivity contribution in [2.45, 2.75) is 6.92 Å². The fraction of sp³-hybridized carbons (Fsp3) is 0.217. The van der Waals surface area contributed by atoms with Crippen LogP contribution >= 0.6 is 0 Å². The first-order chi connectivity index (χ1) is 14.7. The average Bonchev–Trinajstić information content (AvgIpc) is 2.79. The number of rotatable bonds is 10. The number of aromatic nitrogens is 1. The van der Waals surface area contributed by atoms with E-state index < -0.39 is 0 Å². The second-order valence-corrected chi connectivity index (χ2v) is 6.15. The predicted octanol–water partition coefficient (Wildman–Crippen LogP) is 4.20. The fourth-order valence-electron chi connectivity index (χ4n) is 2.64. The van der Waals surface area contributed by atoms with Crippen molar-refractivity contribution in [1.82, 2.24) is 4.98 Å². The van der Waals surface area contributed by atoms with Crippen LogP contribution in [0.15, 0.2) is 66.9 Å². The highest BCUT2D eigenvalue weighted by Crippen LogP contribution is 2.29. The number of nitrogens with zero attached hydrogens (tertiary/aromatic N) is 1. The van der Waals surface area contributed by atoms with Crippen LogP contribution in [0.3, 0.4) is 0 Å². The number of pyridine rings is 1. The smallest absolute Gasteiger partial charge is 0.255 e. The second-order valence-electron chi connectivity index (χ2n) is 6.15. The molecule has 0 saturated heterocycles. The number of methoxy groups -OCH3 is 1. The molecular formula is C23H24N2O5. The van der Waals surface area contributed by atoms with E-state index in [0.717, 1.165) is 5.75 Å². The number of ether oxygens (including phenoxy) is 4. The summed E-state index contributed by atoms with van der Waals surface area (Å²) in [5, 5.41) is 2.80. The predicted molar refractivity (Wildman–Crippen MR) is 114 cm³/mol. The van der Waals surface area contributed by atoms with Crippen LogP contribution in [0, 0.1) is 0 Å². The van der Waals surface area contributed by atoms with Crippen molar-refractivity contribution in [1.29, 1.82) is 0 Å². The largest absolute Gasteiger partial charge is 0.490 e. The molecule has 0 radical (unpaired) electrons. The normalized spacial score (nSPS) is 10.2. The Morgan fingerprint density at radius 2 is 1.73 bits per heavy atom. The van der Waals surface area contributed by atoms with Gasteiger partial charge in [0.1, 0.15) is 19.0 Å². The number of benzene rings is 2. The molecule has 3 aromatic rings.